The van der Waals surface area contributed by atoms with Crippen LogP contribution >= 0.6 is 11.3 Å². The van der Waals surface area contributed by atoms with E-state index < -0.39 is 0 Å². The van der Waals surface area contributed by atoms with Crippen LogP contribution in [0.5, 0.6) is 0 Å². The third kappa shape index (κ3) is 3.27. The first-order chi connectivity index (χ1) is 10.6. The summed E-state index contributed by atoms with van der Waals surface area (Å²) in [7, 11) is 0. The second-order valence-corrected chi connectivity index (χ2v) is 6.90. The van der Waals surface area contributed by atoms with E-state index in [-0.39, 0.29) is 6.03 Å². The van der Waals surface area contributed by atoms with Crippen molar-refractivity contribution in [3.8, 4) is 0 Å². The third-order valence-corrected chi connectivity index (χ3v) is 5.17. The minimum absolute atomic E-state index is 0.0234. The molecule has 5 nitrogen and oxygen atoms in total. The Morgan fingerprint density at radius 2 is 2.09 bits per heavy atom. The van der Waals surface area contributed by atoms with Crippen LogP contribution in [0.2, 0.25) is 0 Å². The van der Waals surface area contributed by atoms with Gasteiger partial charge < -0.3 is 10.2 Å². The molecule has 2 amide bonds. The fourth-order valence-corrected chi connectivity index (χ4v) is 3.46. The zero-order valence-electron chi connectivity index (χ0n) is 12.9. The van der Waals surface area contributed by atoms with Gasteiger partial charge in [0.15, 0.2) is 0 Å². The Kier molecular flexibility index (Phi) is 4.38. The van der Waals surface area contributed by atoms with Crippen LogP contribution in [0.3, 0.4) is 0 Å². The Balaban J connectivity index is 1.40. The van der Waals surface area contributed by atoms with Gasteiger partial charge in [0.2, 0.25) is 0 Å². The SMILES string of the molecule is Cc1nc(CCNC(=O)N2CC(c3ccncc3)C2)sc1C. The molecule has 0 unspecified atom stereocenters. The van der Waals surface area contributed by atoms with Crippen LogP contribution < -0.4 is 5.32 Å². The molecule has 1 fully saturated rings. The summed E-state index contributed by atoms with van der Waals surface area (Å²) in [6.07, 6.45) is 4.40. The topological polar surface area (TPSA) is 58.1 Å². The molecule has 2 aromatic heterocycles. The highest BCUT2D eigenvalue weighted by Crippen LogP contribution is 2.26. The third-order valence-electron chi connectivity index (χ3n) is 4.03. The Labute approximate surface area is 134 Å². The summed E-state index contributed by atoms with van der Waals surface area (Å²) in [5.74, 6) is 0.443. The summed E-state index contributed by atoms with van der Waals surface area (Å²) < 4.78 is 0. The first kappa shape index (κ1) is 15.0. The largest absolute Gasteiger partial charge is 0.338 e. The van der Waals surface area contributed by atoms with Crippen molar-refractivity contribution < 1.29 is 4.79 Å². The average molecular weight is 316 g/mol. The molecular formula is C16H20N4OS. The van der Waals surface area contributed by atoms with E-state index in [0.29, 0.717) is 12.5 Å². The van der Waals surface area contributed by atoms with Gasteiger partial charge in [-0.2, -0.15) is 0 Å². The molecule has 0 aliphatic carbocycles. The maximum absolute atomic E-state index is 12.1. The molecule has 1 aliphatic heterocycles. The van der Waals surface area contributed by atoms with Gasteiger partial charge in [-0.25, -0.2) is 9.78 Å². The van der Waals surface area contributed by atoms with Crippen molar-refractivity contribution in [1.82, 2.24) is 20.2 Å². The van der Waals surface area contributed by atoms with Crippen LogP contribution in [0, 0.1) is 13.8 Å². The summed E-state index contributed by atoms with van der Waals surface area (Å²) in [6.45, 7) is 6.31. The maximum atomic E-state index is 12.1. The van der Waals surface area contributed by atoms with E-state index in [0.717, 1.165) is 30.2 Å². The van der Waals surface area contributed by atoms with Crippen molar-refractivity contribution in [2.75, 3.05) is 19.6 Å². The van der Waals surface area contributed by atoms with Gasteiger partial charge >= 0.3 is 6.03 Å². The Bertz CT molecular complexity index is 630. The van der Waals surface area contributed by atoms with Crippen LogP contribution in [-0.4, -0.2) is 40.5 Å². The number of urea groups is 1. The van der Waals surface area contributed by atoms with Gasteiger partial charge in [0.25, 0.3) is 0 Å². The van der Waals surface area contributed by atoms with Gasteiger partial charge in [0.05, 0.1) is 10.7 Å². The number of hydrogen-bond donors (Lipinski definition) is 1. The lowest BCUT2D eigenvalue weighted by Crippen LogP contribution is -2.52. The molecule has 1 N–H and O–H groups in total. The molecule has 0 spiro atoms. The summed E-state index contributed by atoms with van der Waals surface area (Å²) in [5, 5.41) is 4.07. The zero-order chi connectivity index (χ0) is 15.5. The second-order valence-electron chi connectivity index (χ2n) is 5.61. The van der Waals surface area contributed by atoms with E-state index in [2.05, 4.69) is 22.2 Å². The van der Waals surface area contributed by atoms with E-state index in [9.17, 15) is 4.79 Å². The summed E-state index contributed by atoms with van der Waals surface area (Å²) >= 11 is 1.71. The van der Waals surface area contributed by atoms with Crippen molar-refractivity contribution in [2.45, 2.75) is 26.2 Å². The lowest BCUT2D eigenvalue weighted by atomic mass is 9.93. The number of carbonyl (C=O) groups excluding carboxylic acids is 1. The van der Waals surface area contributed by atoms with E-state index in [1.165, 1.54) is 10.4 Å². The van der Waals surface area contributed by atoms with E-state index >= 15 is 0 Å². The Morgan fingerprint density at radius 3 is 2.73 bits per heavy atom. The van der Waals surface area contributed by atoms with Crippen molar-refractivity contribution in [2.24, 2.45) is 0 Å². The number of aromatic nitrogens is 2. The normalized spacial score (nSPS) is 14.7. The molecule has 3 heterocycles. The minimum Gasteiger partial charge on any atom is -0.338 e. The molecule has 0 aromatic carbocycles. The number of thiazole rings is 1. The van der Waals surface area contributed by atoms with E-state index in [1.807, 2.05) is 24.0 Å². The predicted octanol–water partition coefficient (Wildman–Crippen LogP) is 2.51. The van der Waals surface area contributed by atoms with Crippen molar-refractivity contribution in [3.63, 3.8) is 0 Å². The molecule has 3 rings (SSSR count). The number of rotatable bonds is 4. The molecule has 0 radical (unpaired) electrons. The standard InChI is InChI=1S/C16H20N4OS/c1-11-12(2)22-15(19-11)5-8-18-16(21)20-9-14(10-20)13-3-6-17-7-4-13/h3-4,6-7,14H,5,8-10H2,1-2H3,(H,18,21). The number of pyridine rings is 1. The second kappa shape index (κ2) is 6.44. The lowest BCUT2D eigenvalue weighted by Gasteiger charge is -2.39. The lowest BCUT2D eigenvalue weighted by molar-refractivity contribution is 0.151. The molecule has 116 valence electrons. The highest BCUT2D eigenvalue weighted by molar-refractivity contribution is 7.11. The van der Waals surface area contributed by atoms with Crippen molar-refractivity contribution in [3.05, 3.63) is 45.7 Å². The van der Waals surface area contributed by atoms with Crippen LogP contribution in [0.1, 0.15) is 27.1 Å². The molecule has 1 aliphatic rings. The predicted molar refractivity (Wildman–Crippen MR) is 87.2 cm³/mol. The van der Waals surface area contributed by atoms with Gasteiger partial charge in [-0.15, -0.1) is 11.3 Å². The molecule has 0 atom stereocenters. The number of hydrogen-bond acceptors (Lipinski definition) is 4. The quantitative estimate of drug-likeness (QED) is 0.943. The number of likely N-dealkylation sites (tertiary alicyclic amines) is 1. The van der Waals surface area contributed by atoms with Crippen molar-refractivity contribution in [1.29, 1.82) is 0 Å². The highest BCUT2D eigenvalue weighted by Gasteiger charge is 2.31. The first-order valence-corrected chi connectivity index (χ1v) is 8.30. The van der Waals surface area contributed by atoms with Gasteiger partial charge in [0.1, 0.15) is 0 Å². The average Bonchev–Trinajstić information content (AvgIpc) is 2.77. The van der Waals surface area contributed by atoms with Crippen molar-refractivity contribution >= 4 is 17.4 Å². The van der Waals surface area contributed by atoms with Gasteiger partial charge in [-0.05, 0) is 31.5 Å². The van der Waals surface area contributed by atoms with Crippen LogP contribution in [0.25, 0.3) is 0 Å². The maximum Gasteiger partial charge on any atom is 0.317 e. The first-order valence-electron chi connectivity index (χ1n) is 7.49. The number of amides is 2. The molecular weight excluding hydrogens is 296 g/mol. The van der Waals surface area contributed by atoms with Gasteiger partial charge in [-0.1, -0.05) is 0 Å². The van der Waals surface area contributed by atoms with Crippen LogP contribution in [0.4, 0.5) is 4.79 Å². The Morgan fingerprint density at radius 1 is 1.36 bits per heavy atom. The number of nitrogens with zero attached hydrogens (tertiary/aromatic N) is 3. The van der Waals surface area contributed by atoms with E-state index in [1.54, 1.807) is 23.7 Å². The number of carbonyl (C=O) groups is 1. The zero-order valence-corrected chi connectivity index (χ0v) is 13.7. The smallest absolute Gasteiger partial charge is 0.317 e. The molecule has 2 aromatic rings. The number of aryl methyl sites for hydroxylation is 2. The highest BCUT2D eigenvalue weighted by atomic mass is 32.1. The summed E-state index contributed by atoms with van der Waals surface area (Å²) in [5.41, 5.74) is 2.35. The van der Waals surface area contributed by atoms with Crippen LogP contribution in [-0.2, 0) is 6.42 Å². The summed E-state index contributed by atoms with van der Waals surface area (Å²) in [4.78, 5) is 23.7. The minimum atomic E-state index is 0.0234. The van der Waals surface area contributed by atoms with E-state index in [4.69, 9.17) is 0 Å². The summed E-state index contributed by atoms with van der Waals surface area (Å²) in [6, 6.07) is 4.07. The van der Waals surface area contributed by atoms with Gasteiger partial charge in [-0.3, -0.25) is 4.98 Å². The fourth-order valence-electron chi connectivity index (χ4n) is 2.53. The van der Waals surface area contributed by atoms with Crippen LogP contribution in [0.15, 0.2) is 24.5 Å². The Hall–Kier alpha value is -1.95. The molecule has 0 saturated carbocycles. The monoisotopic (exact) mass is 316 g/mol. The molecule has 22 heavy (non-hydrogen) atoms. The number of nitrogens with one attached hydrogen (secondary N) is 1. The fraction of sp³-hybridized carbons (Fsp3) is 0.438. The molecule has 6 heteroatoms. The molecule has 1 saturated heterocycles. The molecule has 0 bridgehead atoms. The van der Waals surface area contributed by atoms with Gasteiger partial charge in [0, 0.05) is 49.2 Å².